The van der Waals surface area contributed by atoms with E-state index in [-0.39, 0.29) is 17.1 Å². The van der Waals surface area contributed by atoms with Crippen LogP contribution < -0.4 is 4.74 Å². The molecular formula is C20H17FeNO2. The number of hydrogen-bond acceptors (Lipinski definition) is 3. The van der Waals surface area contributed by atoms with E-state index in [1.807, 2.05) is 88.1 Å². The van der Waals surface area contributed by atoms with Gasteiger partial charge in [0.15, 0.2) is 5.76 Å². The molecule has 0 saturated heterocycles. The summed E-state index contributed by atoms with van der Waals surface area (Å²) >= 11 is 0. The fourth-order valence-corrected chi connectivity index (χ4v) is 2.17. The van der Waals surface area contributed by atoms with Gasteiger partial charge in [-0.1, -0.05) is 5.16 Å². The Bertz CT molecular complexity index is 576. The second kappa shape index (κ2) is 9.90. The monoisotopic (exact) mass is 359 g/mol. The van der Waals surface area contributed by atoms with Gasteiger partial charge in [-0.15, -0.1) is 0 Å². The molecule has 0 unspecified atom stereocenters. The number of methoxy groups -OCH3 is 1. The first kappa shape index (κ1) is 19.1. The summed E-state index contributed by atoms with van der Waals surface area (Å²) in [6.07, 6.45) is 18.0. The van der Waals surface area contributed by atoms with Crippen molar-refractivity contribution in [2.75, 3.05) is 7.11 Å². The molecule has 4 heteroatoms. The van der Waals surface area contributed by atoms with Crippen molar-refractivity contribution in [3.8, 4) is 17.1 Å². The van der Waals surface area contributed by atoms with Crippen molar-refractivity contribution in [1.82, 2.24) is 5.16 Å². The van der Waals surface area contributed by atoms with E-state index in [9.17, 15) is 0 Å². The van der Waals surface area contributed by atoms with Gasteiger partial charge in [0.2, 0.25) is 0 Å². The zero-order valence-electron chi connectivity index (χ0n) is 13.2. The van der Waals surface area contributed by atoms with Crippen LogP contribution in [-0.2, 0) is 17.1 Å². The second-order valence-electron chi connectivity index (χ2n) is 4.94. The topological polar surface area (TPSA) is 35.3 Å². The molecule has 2 aliphatic carbocycles. The van der Waals surface area contributed by atoms with Crippen LogP contribution >= 0.6 is 0 Å². The van der Waals surface area contributed by atoms with Gasteiger partial charge in [-0.2, -0.15) is 0 Å². The molecule has 1 aromatic heterocycles. The number of hydrogen-bond donors (Lipinski definition) is 0. The molecule has 4 rings (SSSR count). The molecule has 0 aliphatic heterocycles. The fourth-order valence-electron chi connectivity index (χ4n) is 2.17. The molecule has 2 aliphatic rings. The largest absolute Gasteiger partial charge is 0.497 e. The number of benzene rings is 1. The molecule has 2 fully saturated rings. The zero-order valence-corrected chi connectivity index (χ0v) is 14.3. The Hall–Kier alpha value is -1.25. The van der Waals surface area contributed by atoms with E-state index in [1.165, 1.54) is 0 Å². The number of nitrogens with zero attached hydrogens (tertiary/aromatic N) is 1. The first-order valence-electron chi connectivity index (χ1n) is 7.37. The van der Waals surface area contributed by atoms with Crippen molar-refractivity contribution in [2.24, 2.45) is 0 Å². The summed E-state index contributed by atoms with van der Waals surface area (Å²) in [7, 11) is 1.65. The van der Waals surface area contributed by atoms with Crippen LogP contribution in [0.15, 0.2) is 34.9 Å². The Morgan fingerprint density at radius 1 is 0.833 bits per heavy atom. The average Bonchev–Trinajstić information content (AvgIpc) is 3.38. The van der Waals surface area contributed by atoms with Gasteiger partial charge in [0.1, 0.15) is 5.75 Å². The third-order valence-corrected chi connectivity index (χ3v) is 3.40. The maximum absolute atomic E-state index is 5.36. The minimum Gasteiger partial charge on any atom is -0.497 e. The summed E-state index contributed by atoms with van der Waals surface area (Å²) in [5, 5.41) is 4.07. The van der Waals surface area contributed by atoms with E-state index < -0.39 is 0 Å². The molecule has 10 radical (unpaired) electrons. The van der Waals surface area contributed by atoms with Crippen molar-refractivity contribution in [2.45, 2.75) is 0 Å². The van der Waals surface area contributed by atoms with E-state index in [2.05, 4.69) is 5.16 Å². The van der Waals surface area contributed by atoms with Crippen LogP contribution in [0.4, 0.5) is 0 Å². The molecule has 2 aromatic rings. The van der Waals surface area contributed by atoms with Crippen molar-refractivity contribution < 1.29 is 26.3 Å². The van der Waals surface area contributed by atoms with Gasteiger partial charge in [0, 0.05) is 34.6 Å². The third-order valence-electron chi connectivity index (χ3n) is 3.40. The predicted octanol–water partition coefficient (Wildman–Crippen LogP) is 4.12. The molecular weight excluding hydrogens is 342 g/mol. The van der Waals surface area contributed by atoms with Crippen LogP contribution in [0.5, 0.6) is 5.75 Å². The van der Waals surface area contributed by atoms with Gasteiger partial charge in [-0.05, 0) is 82.1 Å². The van der Waals surface area contributed by atoms with Crippen LogP contribution in [-0.4, -0.2) is 12.3 Å². The second-order valence-corrected chi connectivity index (χ2v) is 4.94. The van der Waals surface area contributed by atoms with Crippen LogP contribution in [0.25, 0.3) is 11.3 Å². The van der Waals surface area contributed by atoms with E-state index >= 15 is 0 Å². The van der Waals surface area contributed by atoms with Crippen LogP contribution in [0, 0.1) is 63.7 Å². The summed E-state index contributed by atoms with van der Waals surface area (Å²) in [5.41, 5.74) is 1.84. The summed E-state index contributed by atoms with van der Waals surface area (Å²) < 4.78 is 10.5. The molecule has 2 saturated carbocycles. The normalized spacial score (nSPS) is 17.0. The summed E-state index contributed by atoms with van der Waals surface area (Å²) in [6, 6.07) is 9.65. The van der Waals surface area contributed by atoms with E-state index in [0.29, 0.717) is 0 Å². The van der Waals surface area contributed by atoms with Gasteiger partial charge in [0.25, 0.3) is 0 Å². The van der Waals surface area contributed by atoms with Crippen molar-refractivity contribution >= 4 is 0 Å². The van der Waals surface area contributed by atoms with Crippen molar-refractivity contribution in [3.63, 3.8) is 0 Å². The van der Waals surface area contributed by atoms with Gasteiger partial charge in [0.05, 0.1) is 12.8 Å². The van der Waals surface area contributed by atoms with Crippen LogP contribution in [0.1, 0.15) is 5.69 Å². The Labute approximate surface area is 155 Å². The van der Waals surface area contributed by atoms with E-state index in [0.717, 1.165) is 28.7 Å². The molecule has 1 aromatic carbocycles. The van der Waals surface area contributed by atoms with Gasteiger partial charge >= 0.3 is 0 Å². The number of rotatable bonds is 3. The van der Waals surface area contributed by atoms with Crippen molar-refractivity contribution in [1.29, 1.82) is 0 Å². The third kappa shape index (κ3) is 5.12. The Kier molecular flexibility index (Phi) is 7.87. The molecule has 122 valence electrons. The Morgan fingerprint density at radius 3 is 1.96 bits per heavy atom. The first-order valence-corrected chi connectivity index (χ1v) is 7.37. The number of aromatic nitrogens is 1. The maximum atomic E-state index is 5.36. The summed E-state index contributed by atoms with van der Waals surface area (Å²) in [5.74, 6) is 2.65. The summed E-state index contributed by atoms with van der Waals surface area (Å²) in [4.78, 5) is 0. The minimum atomic E-state index is 0. The molecule has 0 bridgehead atoms. The fraction of sp³-hybridized carbons (Fsp3) is 0.0500. The minimum absolute atomic E-state index is 0. The Balaban J connectivity index is 0.000000300. The van der Waals surface area contributed by atoms with Crippen LogP contribution in [0.2, 0.25) is 0 Å². The van der Waals surface area contributed by atoms with E-state index in [1.54, 1.807) is 7.11 Å². The van der Waals surface area contributed by atoms with E-state index in [4.69, 9.17) is 9.26 Å². The Morgan fingerprint density at radius 2 is 1.42 bits per heavy atom. The SMILES string of the molecule is COc1ccc(-c2cc([C]3[CH][CH][CH][CH]3)no2)cc1.[CH]1[CH][CH][CH][CH]1.[Fe]. The molecule has 0 amide bonds. The molecule has 0 atom stereocenters. The van der Waals surface area contributed by atoms with Crippen molar-refractivity contribution in [3.05, 3.63) is 99.7 Å². The molecule has 3 nitrogen and oxygen atoms in total. The smallest absolute Gasteiger partial charge is 0.167 e. The van der Waals surface area contributed by atoms with Gasteiger partial charge < -0.3 is 9.26 Å². The average molecular weight is 359 g/mol. The molecule has 0 spiro atoms. The van der Waals surface area contributed by atoms with Crippen LogP contribution in [0.3, 0.4) is 0 Å². The maximum Gasteiger partial charge on any atom is 0.167 e. The number of ether oxygens (including phenoxy) is 1. The molecule has 1 heterocycles. The summed E-state index contributed by atoms with van der Waals surface area (Å²) in [6.45, 7) is 0. The first-order chi connectivity index (χ1) is 11.4. The standard InChI is InChI=1S/C15H12NO2.C5H5.Fe/c1-17-13-8-6-12(7-9-13)15-10-14(16-18-15)11-4-2-3-5-11;1-2-4-5-3-1;/h2-10H,1H3;1-5H;. The van der Waals surface area contributed by atoms with Gasteiger partial charge in [-0.3, -0.25) is 0 Å². The molecule has 24 heavy (non-hydrogen) atoms. The predicted molar refractivity (Wildman–Crippen MR) is 89.5 cm³/mol. The zero-order chi connectivity index (χ0) is 15.9. The van der Waals surface area contributed by atoms with Gasteiger partial charge in [-0.25, -0.2) is 0 Å². The molecule has 0 N–H and O–H groups in total. The quantitative estimate of drug-likeness (QED) is 0.774.